The summed E-state index contributed by atoms with van der Waals surface area (Å²) >= 11 is 1.06. The predicted molar refractivity (Wildman–Crippen MR) is 44.4 cm³/mol. The highest BCUT2D eigenvalue weighted by Gasteiger charge is 2.13. The van der Waals surface area contributed by atoms with Gasteiger partial charge in [-0.2, -0.15) is 0 Å². The fraction of sp³-hybridized carbons (Fsp3) is 0.167. The minimum Gasteiger partial charge on any atom is -0.354 e. The Morgan fingerprint density at radius 1 is 1.75 bits per heavy atom. The summed E-state index contributed by atoms with van der Waals surface area (Å²) in [7, 11) is 1.48. The van der Waals surface area contributed by atoms with Crippen molar-refractivity contribution in [2.45, 2.75) is 0 Å². The van der Waals surface area contributed by atoms with Gasteiger partial charge in [0.05, 0.1) is 15.2 Å². The molecule has 1 amide bonds. The zero-order valence-corrected chi connectivity index (χ0v) is 7.05. The largest absolute Gasteiger partial charge is 0.354 e. The molecule has 0 bridgehead atoms. The topological polar surface area (TPSA) is 72.2 Å². The molecule has 5 nitrogen and oxygen atoms in total. The summed E-state index contributed by atoms with van der Waals surface area (Å²) in [5, 5.41) is 13.9. The molecule has 0 aliphatic rings. The number of nitrogens with zero attached hydrogens (tertiary/aromatic N) is 1. The van der Waals surface area contributed by atoms with Crippen LogP contribution in [-0.4, -0.2) is 17.9 Å². The minimum atomic E-state index is -0.525. The van der Waals surface area contributed by atoms with Crippen LogP contribution in [0, 0.1) is 10.1 Å². The smallest absolute Gasteiger partial charge is 0.280 e. The molecule has 0 aliphatic heterocycles. The van der Waals surface area contributed by atoms with E-state index in [2.05, 4.69) is 5.32 Å². The molecule has 1 heterocycles. The quantitative estimate of drug-likeness (QED) is 0.553. The van der Waals surface area contributed by atoms with Gasteiger partial charge in [0.2, 0.25) is 0 Å². The van der Waals surface area contributed by atoms with Crippen LogP contribution in [0.5, 0.6) is 0 Å². The summed E-state index contributed by atoms with van der Waals surface area (Å²) in [5.41, 5.74) is -0.0430. The number of hydrogen-bond donors (Lipinski definition) is 1. The summed E-state index contributed by atoms with van der Waals surface area (Å²) in [6.07, 6.45) is 0. The Morgan fingerprint density at radius 2 is 2.42 bits per heavy atom. The molecular formula is C6H6N2O3S. The molecule has 0 aliphatic carbocycles. The van der Waals surface area contributed by atoms with Gasteiger partial charge in [-0.15, -0.1) is 11.3 Å². The average Bonchev–Trinajstić information content (AvgIpc) is 2.51. The molecule has 0 aromatic carbocycles. The Labute approximate surface area is 72.2 Å². The third-order valence-electron chi connectivity index (χ3n) is 1.25. The second kappa shape index (κ2) is 3.31. The molecular weight excluding hydrogens is 180 g/mol. The molecule has 0 spiro atoms. The van der Waals surface area contributed by atoms with Crippen molar-refractivity contribution >= 4 is 22.9 Å². The molecule has 1 rings (SSSR count). The van der Waals surface area contributed by atoms with E-state index in [9.17, 15) is 14.9 Å². The Morgan fingerprint density at radius 3 is 2.83 bits per heavy atom. The first-order valence-corrected chi connectivity index (χ1v) is 3.98. The molecule has 0 radical (unpaired) electrons. The Bertz CT molecular complexity index is 320. The molecule has 1 aromatic rings. The van der Waals surface area contributed by atoms with Gasteiger partial charge in [0, 0.05) is 13.1 Å². The van der Waals surface area contributed by atoms with Crippen LogP contribution < -0.4 is 5.32 Å². The maximum absolute atomic E-state index is 10.9. The van der Waals surface area contributed by atoms with Gasteiger partial charge in [0.15, 0.2) is 0 Å². The first-order chi connectivity index (χ1) is 5.65. The molecule has 12 heavy (non-hydrogen) atoms. The van der Waals surface area contributed by atoms with Gasteiger partial charge in [0.1, 0.15) is 0 Å². The highest BCUT2D eigenvalue weighted by Crippen LogP contribution is 2.20. The third-order valence-corrected chi connectivity index (χ3v) is 2.16. The van der Waals surface area contributed by atoms with Crippen LogP contribution in [-0.2, 0) is 0 Å². The summed E-state index contributed by atoms with van der Waals surface area (Å²) in [4.78, 5) is 21.0. The number of carbonyl (C=O) groups is 1. The second-order valence-electron chi connectivity index (χ2n) is 2.01. The first-order valence-electron chi connectivity index (χ1n) is 3.10. The lowest BCUT2D eigenvalue weighted by Gasteiger charge is -1.90. The van der Waals surface area contributed by atoms with E-state index in [1.165, 1.54) is 18.5 Å². The van der Waals surface area contributed by atoms with Gasteiger partial charge in [0.25, 0.3) is 11.6 Å². The monoisotopic (exact) mass is 186 g/mol. The van der Waals surface area contributed by atoms with E-state index in [1.54, 1.807) is 0 Å². The van der Waals surface area contributed by atoms with Gasteiger partial charge in [-0.1, -0.05) is 0 Å². The van der Waals surface area contributed by atoms with Gasteiger partial charge in [-0.25, -0.2) is 0 Å². The average molecular weight is 186 g/mol. The maximum Gasteiger partial charge on any atom is 0.280 e. The normalized spacial score (nSPS) is 9.42. The standard InChI is InChI=1S/C6H6N2O3S/c1-7-6(9)5-2-4(3-12-5)8(10)11/h2-3H,1H3,(H,7,9). The van der Waals surface area contributed by atoms with Crippen LogP contribution in [0.3, 0.4) is 0 Å². The second-order valence-corrected chi connectivity index (χ2v) is 2.92. The number of amides is 1. The van der Waals surface area contributed by atoms with Crippen LogP contribution in [0.2, 0.25) is 0 Å². The van der Waals surface area contributed by atoms with E-state index in [1.807, 2.05) is 0 Å². The van der Waals surface area contributed by atoms with Gasteiger partial charge >= 0.3 is 0 Å². The van der Waals surface area contributed by atoms with Crippen molar-refractivity contribution in [3.05, 3.63) is 26.4 Å². The van der Waals surface area contributed by atoms with E-state index in [4.69, 9.17) is 0 Å². The summed E-state index contributed by atoms with van der Waals surface area (Å²) in [6, 6.07) is 1.25. The molecule has 0 saturated heterocycles. The number of nitro groups is 1. The Balaban J connectivity index is 2.91. The van der Waals surface area contributed by atoms with E-state index >= 15 is 0 Å². The number of thiophene rings is 1. The van der Waals surface area contributed by atoms with Crippen molar-refractivity contribution in [1.82, 2.24) is 5.32 Å². The Hall–Kier alpha value is -1.43. The van der Waals surface area contributed by atoms with E-state index in [-0.39, 0.29) is 11.6 Å². The lowest BCUT2D eigenvalue weighted by atomic mass is 10.4. The van der Waals surface area contributed by atoms with Crippen LogP contribution in [0.25, 0.3) is 0 Å². The van der Waals surface area contributed by atoms with Crippen molar-refractivity contribution < 1.29 is 9.72 Å². The molecule has 0 fully saturated rings. The molecule has 0 saturated carbocycles. The molecule has 1 aromatic heterocycles. The zero-order valence-electron chi connectivity index (χ0n) is 6.23. The third kappa shape index (κ3) is 1.59. The first kappa shape index (κ1) is 8.66. The van der Waals surface area contributed by atoms with E-state index in [0.29, 0.717) is 4.88 Å². The van der Waals surface area contributed by atoms with Crippen LogP contribution >= 0.6 is 11.3 Å². The zero-order chi connectivity index (χ0) is 9.14. The molecule has 64 valence electrons. The highest BCUT2D eigenvalue weighted by atomic mass is 32.1. The van der Waals surface area contributed by atoms with Crippen LogP contribution in [0.15, 0.2) is 11.4 Å². The van der Waals surface area contributed by atoms with Crippen LogP contribution in [0.1, 0.15) is 9.67 Å². The van der Waals surface area contributed by atoms with Gasteiger partial charge < -0.3 is 5.32 Å². The fourth-order valence-corrected chi connectivity index (χ4v) is 1.46. The van der Waals surface area contributed by atoms with Crippen LogP contribution in [0.4, 0.5) is 5.69 Å². The van der Waals surface area contributed by atoms with Crippen molar-refractivity contribution in [2.24, 2.45) is 0 Å². The summed E-state index contributed by atoms with van der Waals surface area (Å²) < 4.78 is 0. The number of carbonyl (C=O) groups excluding carboxylic acids is 1. The molecule has 1 N–H and O–H groups in total. The molecule has 6 heteroatoms. The van der Waals surface area contributed by atoms with Crippen molar-refractivity contribution in [1.29, 1.82) is 0 Å². The lowest BCUT2D eigenvalue weighted by Crippen LogP contribution is -2.16. The predicted octanol–water partition coefficient (Wildman–Crippen LogP) is 1.02. The number of nitrogens with one attached hydrogen (secondary N) is 1. The summed E-state index contributed by atoms with van der Waals surface area (Å²) in [5.74, 6) is -0.298. The fourth-order valence-electron chi connectivity index (χ4n) is 0.664. The number of rotatable bonds is 2. The molecule has 0 unspecified atom stereocenters. The Kier molecular flexibility index (Phi) is 2.39. The molecule has 0 atom stereocenters. The summed E-state index contributed by atoms with van der Waals surface area (Å²) in [6.45, 7) is 0. The SMILES string of the molecule is CNC(=O)c1cc([N+](=O)[O-])cs1. The maximum atomic E-state index is 10.9. The van der Waals surface area contributed by atoms with Crippen molar-refractivity contribution in [2.75, 3.05) is 7.05 Å². The lowest BCUT2D eigenvalue weighted by molar-refractivity contribution is -0.384. The number of hydrogen-bond acceptors (Lipinski definition) is 4. The van der Waals surface area contributed by atoms with Crippen molar-refractivity contribution in [3.63, 3.8) is 0 Å². The highest BCUT2D eigenvalue weighted by molar-refractivity contribution is 7.12. The minimum absolute atomic E-state index is 0.0430. The van der Waals surface area contributed by atoms with E-state index < -0.39 is 4.92 Å². The van der Waals surface area contributed by atoms with Gasteiger partial charge in [-0.3, -0.25) is 14.9 Å². The van der Waals surface area contributed by atoms with Crippen molar-refractivity contribution in [3.8, 4) is 0 Å². The van der Waals surface area contributed by atoms with Gasteiger partial charge in [-0.05, 0) is 0 Å². The van der Waals surface area contributed by atoms with E-state index in [0.717, 1.165) is 11.3 Å².